The van der Waals surface area contributed by atoms with Crippen LogP contribution in [0.2, 0.25) is 0 Å². The molecule has 0 aromatic carbocycles. The molecule has 2 heteroatoms. The third-order valence-electron chi connectivity index (χ3n) is 5.97. The molecule has 1 atom stereocenters. The smallest absolute Gasteiger partial charge is 0.0215 e. The summed E-state index contributed by atoms with van der Waals surface area (Å²) in [6.45, 7) is 3.11. The Kier molecular flexibility index (Phi) is 3.20. The maximum Gasteiger partial charge on any atom is 0.0215 e. The van der Waals surface area contributed by atoms with E-state index in [1.807, 2.05) is 0 Å². The standard InChI is InChI=1S/C15H28N2/c1-3-14(9-16)17(2)15-12-5-10-4-11(7-12)8-13(15)6-10/h10-15H,3-9,16H2,1-2H3. The van der Waals surface area contributed by atoms with E-state index in [-0.39, 0.29) is 0 Å². The Morgan fingerprint density at radius 3 is 2.00 bits per heavy atom. The van der Waals surface area contributed by atoms with Crippen molar-refractivity contribution in [1.82, 2.24) is 4.90 Å². The molecule has 0 aromatic rings. The van der Waals surface area contributed by atoms with Crippen molar-refractivity contribution in [3.63, 3.8) is 0 Å². The molecule has 0 aromatic heterocycles. The summed E-state index contributed by atoms with van der Waals surface area (Å²) >= 11 is 0. The topological polar surface area (TPSA) is 29.3 Å². The van der Waals surface area contributed by atoms with Crippen LogP contribution in [0.1, 0.15) is 45.4 Å². The molecule has 0 radical (unpaired) electrons. The normalized spacial score (nSPS) is 45.5. The maximum atomic E-state index is 5.94. The number of hydrogen-bond donors (Lipinski definition) is 1. The zero-order valence-electron chi connectivity index (χ0n) is 11.4. The molecular formula is C15H28N2. The number of nitrogens with two attached hydrogens (primary N) is 1. The summed E-state index contributed by atoms with van der Waals surface area (Å²) in [6.07, 6.45) is 8.82. The Morgan fingerprint density at radius 1 is 1.06 bits per heavy atom. The molecule has 4 rings (SSSR count). The van der Waals surface area contributed by atoms with Gasteiger partial charge < -0.3 is 5.73 Å². The van der Waals surface area contributed by atoms with Gasteiger partial charge in [0.15, 0.2) is 0 Å². The van der Waals surface area contributed by atoms with E-state index >= 15 is 0 Å². The van der Waals surface area contributed by atoms with Gasteiger partial charge in [0.1, 0.15) is 0 Å². The molecule has 4 bridgehead atoms. The van der Waals surface area contributed by atoms with Crippen molar-refractivity contribution in [3.8, 4) is 0 Å². The lowest BCUT2D eigenvalue weighted by Crippen LogP contribution is -2.58. The van der Waals surface area contributed by atoms with Gasteiger partial charge in [-0.1, -0.05) is 6.92 Å². The van der Waals surface area contributed by atoms with Gasteiger partial charge in [0.05, 0.1) is 0 Å². The second-order valence-corrected chi connectivity index (χ2v) is 6.88. The van der Waals surface area contributed by atoms with Crippen molar-refractivity contribution in [2.24, 2.45) is 29.4 Å². The van der Waals surface area contributed by atoms with E-state index in [2.05, 4.69) is 18.9 Å². The predicted octanol–water partition coefficient (Wildman–Crippen LogP) is 2.48. The number of likely N-dealkylation sites (N-methyl/N-ethyl adjacent to an activating group) is 1. The fraction of sp³-hybridized carbons (Fsp3) is 1.00. The monoisotopic (exact) mass is 236 g/mol. The van der Waals surface area contributed by atoms with Crippen LogP contribution in [0.3, 0.4) is 0 Å². The van der Waals surface area contributed by atoms with Gasteiger partial charge in [-0.05, 0) is 69.2 Å². The molecular weight excluding hydrogens is 208 g/mol. The molecule has 1 unspecified atom stereocenters. The van der Waals surface area contributed by atoms with Gasteiger partial charge in [0, 0.05) is 18.6 Å². The average Bonchev–Trinajstić information content (AvgIpc) is 2.29. The van der Waals surface area contributed by atoms with Gasteiger partial charge >= 0.3 is 0 Å². The van der Waals surface area contributed by atoms with E-state index in [1.165, 1.54) is 32.1 Å². The minimum Gasteiger partial charge on any atom is -0.329 e. The highest BCUT2D eigenvalue weighted by atomic mass is 15.2. The molecule has 4 aliphatic rings. The Morgan fingerprint density at radius 2 is 1.59 bits per heavy atom. The average molecular weight is 236 g/mol. The lowest BCUT2D eigenvalue weighted by atomic mass is 9.54. The second-order valence-electron chi connectivity index (χ2n) is 6.88. The fourth-order valence-corrected chi connectivity index (χ4v) is 5.43. The Bertz CT molecular complexity index is 244. The number of hydrogen-bond acceptors (Lipinski definition) is 2. The molecule has 4 saturated carbocycles. The van der Waals surface area contributed by atoms with Gasteiger partial charge in [-0.15, -0.1) is 0 Å². The molecule has 0 aliphatic heterocycles. The van der Waals surface area contributed by atoms with Crippen molar-refractivity contribution in [2.75, 3.05) is 13.6 Å². The van der Waals surface area contributed by atoms with Crippen LogP contribution in [0.4, 0.5) is 0 Å². The van der Waals surface area contributed by atoms with Crippen LogP contribution in [0.25, 0.3) is 0 Å². The van der Waals surface area contributed by atoms with Gasteiger partial charge in [0.2, 0.25) is 0 Å². The third-order valence-corrected chi connectivity index (χ3v) is 5.97. The van der Waals surface area contributed by atoms with Crippen LogP contribution in [0, 0.1) is 23.7 Å². The van der Waals surface area contributed by atoms with Crippen LogP contribution in [-0.4, -0.2) is 30.6 Å². The number of nitrogens with zero attached hydrogens (tertiary/aromatic N) is 1. The van der Waals surface area contributed by atoms with Crippen LogP contribution < -0.4 is 5.73 Å². The highest BCUT2D eigenvalue weighted by molar-refractivity contribution is 5.02. The van der Waals surface area contributed by atoms with E-state index in [1.54, 1.807) is 6.42 Å². The third kappa shape index (κ3) is 1.94. The van der Waals surface area contributed by atoms with Crippen LogP contribution in [0.5, 0.6) is 0 Å². The van der Waals surface area contributed by atoms with E-state index in [4.69, 9.17) is 5.73 Å². The molecule has 0 heterocycles. The van der Waals surface area contributed by atoms with Gasteiger partial charge in [-0.3, -0.25) is 4.90 Å². The van der Waals surface area contributed by atoms with E-state index < -0.39 is 0 Å². The second kappa shape index (κ2) is 4.55. The highest BCUT2D eigenvalue weighted by Gasteiger charge is 2.49. The summed E-state index contributed by atoms with van der Waals surface area (Å²) < 4.78 is 0. The van der Waals surface area contributed by atoms with Crippen LogP contribution in [-0.2, 0) is 0 Å². The van der Waals surface area contributed by atoms with E-state index in [0.29, 0.717) is 6.04 Å². The molecule has 98 valence electrons. The quantitative estimate of drug-likeness (QED) is 0.812. The summed E-state index contributed by atoms with van der Waals surface area (Å²) in [5, 5.41) is 0. The Balaban J connectivity index is 1.75. The fourth-order valence-electron chi connectivity index (χ4n) is 5.43. The Labute approximate surface area is 106 Å². The summed E-state index contributed by atoms with van der Waals surface area (Å²) in [7, 11) is 2.34. The first kappa shape index (κ1) is 12.0. The summed E-state index contributed by atoms with van der Waals surface area (Å²) in [6, 6.07) is 1.47. The Hall–Kier alpha value is -0.0800. The number of rotatable bonds is 4. The lowest BCUT2D eigenvalue weighted by Gasteiger charge is -2.57. The van der Waals surface area contributed by atoms with Crippen LogP contribution >= 0.6 is 0 Å². The predicted molar refractivity (Wildman–Crippen MR) is 71.7 cm³/mol. The van der Waals surface area contributed by atoms with Gasteiger partial charge in [-0.2, -0.15) is 0 Å². The molecule has 0 saturated heterocycles. The van der Waals surface area contributed by atoms with E-state index in [0.717, 1.165) is 36.3 Å². The SMILES string of the molecule is CCC(CN)N(C)C1C2CC3CC(C2)CC1C3. The maximum absolute atomic E-state index is 5.94. The van der Waals surface area contributed by atoms with Crippen molar-refractivity contribution in [3.05, 3.63) is 0 Å². The van der Waals surface area contributed by atoms with E-state index in [9.17, 15) is 0 Å². The van der Waals surface area contributed by atoms with Gasteiger partial charge in [-0.25, -0.2) is 0 Å². The first-order chi connectivity index (χ1) is 8.22. The van der Waals surface area contributed by atoms with Crippen molar-refractivity contribution < 1.29 is 0 Å². The highest BCUT2D eigenvalue weighted by Crippen LogP contribution is 2.55. The minimum atomic E-state index is 0.609. The summed E-state index contributed by atoms with van der Waals surface area (Å²) in [5.74, 6) is 4.16. The summed E-state index contributed by atoms with van der Waals surface area (Å²) in [4.78, 5) is 2.66. The molecule has 2 nitrogen and oxygen atoms in total. The van der Waals surface area contributed by atoms with Crippen LogP contribution in [0.15, 0.2) is 0 Å². The molecule has 0 amide bonds. The van der Waals surface area contributed by atoms with Gasteiger partial charge in [0.25, 0.3) is 0 Å². The first-order valence-corrected chi connectivity index (χ1v) is 7.64. The molecule has 0 spiro atoms. The molecule has 2 N–H and O–H groups in total. The zero-order chi connectivity index (χ0) is 12.0. The lowest BCUT2D eigenvalue weighted by molar-refractivity contribution is -0.0687. The molecule has 17 heavy (non-hydrogen) atoms. The van der Waals surface area contributed by atoms with Crippen molar-refractivity contribution in [1.29, 1.82) is 0 Å². The molecule has 4 fully saturated rings. The largest absolute Gasteiger partial charge is 0.329 e. The first-order valence-electron chi connectivity index (χ1n) is 7.64. The van der Waals surface area contributed by atoms with Crippen molar-refractivity contribution in [2.45, 2.75) is 57.5 Å². The molecule has 4 aliphatic carbocycles. The summed E-state index contributed by atoms with van der Waals surface area (Å²) in [5.41, 5.74) is 5.94. The minimum absolute atomic E-state index is 0.609. The zero-order valence-corrected chi connectivity index (χ0v) is 11.4. The van der Waals surface area contributed by atoms with Crippen molar-refractivity contribution >= 4 is 0 Å².